The fourth-order valence-electron chi connectivity index (χ4n) is 6.86. The predicted octanol–water partition coefficient (Wildman–Crippen LogP) is 11.4. The summed E-state index contributed by atoms with van der Waals surface area (Å²) in [5.74, 6) is 1.68. The SMILES string of the molecule is c1ccc(-c2nc(-c3cccnc3)nc(-c3cc(-c4cccc5c4oc4ccccc45)cc(-c4cccc5c4oc4ccccc45)c3)n2)cc1. The largest absolute Gasteiger partial charge is 0.455 e. The lowest BCUT2D eigenvalue weighted by molar-refractivity contribution is 0.670. The van der Waals surface area contributed by atoms with Gasteiger partial charge in [-0.2, -0.15) is 0 Å². The van der Waals surface area contributed by atoms with E-state index in [0.29, 0.717) is 17.5 Å². The number of benzene rings is 6. The number of furan rings is 2. The molecule has 4 aromatic heterocycles. The molecule has 6 heteroatoms. The lowest BCUT2D eigenvalue weighted by Gasteiger charge is -2.13. The van der Waals surface area contributed by atoms with E-state index in [-0.39, 0.29) is 0 Å². The minimum atomic E-state index is 0.549. The third kappa shape index (κ3) is 4.65. The Hall–Kier alpha value is -6.92. The molecule has 0 saturated carbocycles. The van der Waals surface area contributed by atoms with Crippen molar-refractivity contribution in [1.29, 1.82) is 0 Å². The van der Waals surface area contributed by atoms with E-state index in [9.17, 15) is 0 Å². The molecule has 0 radical (unpaired) electrons. The van der Waals surface area contributed by atoms with Crippen molar-refractivity contribution in [2.75, 3.05) is 0 Å². The second-order valence-corrected chi connectivity index (χ2v) is 12.3. The maximum absolute atomic E-state index is 6.53. The average Bonchev–Trinajstić information content (AvgIpc) is 3.77. The van der Waals surface area contributed by atoms with Gasteiger partial charge < -0.3 is 8.83 Å². The molecule has 0 unspecified atom stereocenters. The Morgan fingerprint density at radius 2 is 0.840 bits per heavy atom. The monoisotopic (exact) mass is 642 g/mol. The van der Waals surface area contributed by atoms with E-state index in [1.807, 2.05) is 78.9 Å². The van der Waals surface area contributed by atoms with Gasteiger partial charge in [-0.1, -0.05) is 103 Å². The zero-order valence-corrected chi connectivity index (χ0v) is 26.6. The number of nitrogens with zero attached hydrogens (tertiary/aromatic N) is 4. The molecule has 0 N–H and O–H groups in total. The molecule has 0 bridgehead atoms. The van der Waals surface area contributed by atoms with Crippen LogP contribution < -0.4 is 0 Å². The first kappa shape index (κ1) is 28.1. The van der Waals surface area contributed by atoms with Crippen LogP contribution in [0.2, 0.25) is 0 Å². The average molecular weight is 643 g/mol. The van der Waals surface area contributed by atoms with Crippen molar-refractivity contribution in [3.8, 4) is 56.4 Å². The zero-order valence-electron chi connectivity index (χ0n) is 26.6. The Kier molecular flexibility index (Phi) is 6.39. The Morgan fingerprint density at radius 1 is 0.360 bits per heavy atom. The highest BCUT2D eigenvalue weighted by molar-refractivity contribution is 6.11. The first-order valence-electron chi connectivity index (χ1n) is 16.5. The van der Waals surface area contributed by atoms with Crippen molar-refractivity contribution in [3.63, 3.8) is 0 Å². The van der Waals surface area contributed by atoms with Crippen LogP contribution in [-0.4, -0.2) is 19.9 Å². The first-order chi connectivity index (χ1) is 24.8. The summed E-state index contributed by atoms with van der Waals surface area (Å²) < 4.78 is 13.1. The molecule has 50 heavy (non-hydrogen) atoms. The molecular weight excluding hydrogens is 617 g/mol. The Balaban J connectivity index is 1.26. The van der Waals surface area contributed by atoms with Crippen LogP contribution in [-0.2, 0) is 0 Å². The summed E-state index contributed by atoms with van der Waals surface area (Å²) in [5, 5.41) is 4.29. The van der Waals surface area contributed by atoms with Crippen molar-refractivity contribution in [2.24, 2.45) is 0 Å². The lowest BCUT2D eigenvalue weighted by atomic mass is 9.94. The van der Waals surface area contributed by atoms with Crippen molar-refractivity contribution >= 4 is 43.9 Å². The van der Waals surface area contributed by atoms with Crippen molar-refractivity contribution in [1.82, 2.24) is 19.9 Å². The van der Waals surface area contributed by atoms with Gasteiger partial charge in [-0.15, -0.1) is 0 Å². The molecule has 4 heterocycles. The zero-order chi connectivity index (χ0) is 33.0. The van der Waals surface area contributed by atoms with Gasteiger partial charge in [0.25, 0.3) is 0 Å². The fraction of sp³-hybridized carbons (Fsp3) is 0. The molecule has 0 fully saturated rings. The van der Waals surface area contributed by atoms with Gasteiger partial charge in [0, 0.05) is 61.8 Å². The molecule has 234 valence electrons. The van der Waals surface area contributed by atoms with Crippen LogP contribution in [0.4, 0.5) is 0 Å². The van der Waals surface area contributed by atoms with Gasteiger partial charge in [0.2, 0.25) is 0 Å². The molecule has 6 nitrogen and oxygen atoms in total. The third-order valence-corrected chi connectivity index (χ3v) is 9.21. The smallest absolute Gasteiger partial charge is 0.165 e. The summed E-state index contributed by atoms with van der Waals surface area (Å²) in [6.45, 7) is 0. The second kappa shape index (κ2) is 11.4. The van der Waals surface area contributed by atoms with Crippen LogP contribution in [0.5, 0.6) is 0 Å². The van der Waals surface area contributed by atoms with Crippen LogP contribution >= 0.6 is 0 Å². The highest BCUT2D eigenvalue weighted by Gasteiger charge is 2.19. The van der Waals surface area contributed by atoms with E-state index < -0.39 is 0 Å². The topological polar surface area (TPSA) is 77.8 Å². The standard InChI is InChI=1S/C44H26N4O2/c1-2-11-27(12-3-1)42-46-43(28-13-10-22-45-26-28)48-44(47-42)31-24-29(32-16-8-18-36-34-14-4-6-20-38(34)49-40(32)36)23-30(25-31)33-17-9-19-37-35-15-5-7-21-39(35)50-41(33)37/h1-26H. The number of hydrogen-bond acceptors (Lipinski definition) is 6. The highest BCUT2D eigenvalue weighted by Crippen LogP contribution is 2.41. The van der Waals surface area contributed by atoms with Crippen LogP contribution in [0.1, 0.15) is 0 Å². The molecular formula is C44H26N4O2. The van der Waals surface area contributed by atoms with Gasteiger partial charge in [-0.05, 0) is 53.6 Å². The summed E-state index contributed by atoms with van der Waals surface area (Å²) in [6.07, 6.45) is 3.52. The molecule has 0 aliphatic rings. The number of hydrogen-bond donors (Lipinski definition) is 0. The molecule has 0 spiro atoms. The van der Waals surface area contributed by atoms with Crippen LogP contribution in [0, 0.1) is 0 Å². The predicted molar refractivity (Wildman–Crippen MR) is 199 cm³/mol. The maximum Gasteiger partial charge on any atom is 0.165 e. The molecule has 0 saturated heterocycles. The van der Waals surface area contributed by atoms with E-state index in [0.717, 1.165) is 82.8 Å². The molecule has 0 atom stereocenters. The molecule has 0 aliphatic carbocycles. The Bertz CT molecular complexity index is 2690. The van der Waals surface area contributed by atoms with Gasteiger partial charge in [0.15, 0.2) is 17.5 Å². The minimum Gasteiger partial charge on any atom is -0.455 e. The maximum atomic E-state index is 6.53. The van der Waals surface area contributed by atoms with Crippen molar-refractivity contribution in [2.45, 2.75) is 0 Å². The van der Waals surface area contributed by atoms with Crippen molar-refractivity contribution < 1.29 is 8.83 Å². The van der Waals surface area contributed by atoms with E-state index in [2.05, 4.69) is 71.7 Å². The van der Waals surface area contributed by atoms with E-state index in [1.165, 1.54) is 0 Å². The summed E-state index contributed by atoms with van der Waals surface area (Å²) in [5.41, 5.74) is 9.80. The highest BCUT2D eigenvalue weighted by atomic mass is 16.3. The van der Waals surface area contributed by atoms with Gasteiger partial charge >= 0.3 is 0 Å². The summed E-state index contributed by atoms with van der Waals surface area (Å²) in [4.78, 5) is 19.4. The molecule has 6 aromatic carbocycles. The van der Waals surface area contributed by atoms with Gasteiger partial charge in [-0.25, -0.2) is 15.0 Å². The second-order valence-electron chi connectivity index (χ2n) is 12.3. The Morgan fingerprint density at radius 3 is 1.42 bits per heavy atom. The van der Waals surface area contributed by atoms with Crippen LogP contribution in [0.25, 0.3) is 100 Å². The third-order valence-electron chi connectivity index (χ3n) is 9.21. The van der Waals surface area contributed by atoms with Gasteiger partial charge in [-0.3, -0.25) is 4.98 Å². The minimum absolute atomic E-state index is 0.549. The summed E-state index contributed by atoms with van der Waals surface area (Å²) in [7, 11) is 0. The lowest BCUT2D eigenvalue weighted by Crippen LogP contribution is -2.00. The molecule has 0 amide bonds. The molecule has 0 aliphatic heterocycles. The number of aromatic nitrogens is 4. The fourth-order valence-corrected chi connectivity index (χ4v) is 6.86. The van der Waals surface area contributed by atoms with E-state index in [1.54, 1.807) is 12.4 Å². The number of rotatable bonds is 5. The van der Waals surface area contributed by atoms with Gasteiger partial charge in [0.1, 0.15) is 22.3 Å². The molecule has 10 rings (SSSR count). The quantitative estimate of drug-likeness (QED) is 0.186. The summed E-state index contributed by atoms with van der Waals surface area (Å²) >= 11 is 0. The first-order valence-corrected chi connectivity index (χ1v) is 16.5. The van der Waals surface area contributed by atoms with E-state index in [4.69, 9.17) is 23.8 Å². The normalized spacial score (nSPS) is 11.6. The van der Waals surface area contributed by atoms with E-state index >= 15 is 0 Å². The number of pyridine rings is 1. The number of fused-ring (bicyclic) bond motifs is 6. The number of para-hydroxylation sites is 4. The van der Waals surface area contributed by atoms with Crippen molar-refractivity contribution in [3.05, 3.63) is 158 Å². The Labute approximate surface area is 286 Å². The van der Waals surface area contributed by atoms with Crippen LogP contribution in [0.15, 0.2) is 167 Å². The van der Waals surface area contributed by atoms with Gasteiger partial charge in [0.05, 0.1) is 0 Å². The summed E-state index contributed by atoms with van der Waals surface area (Å²) in [6, 6.07) is 49.3. The van der Waals surface area contributed by atoms with Crippen LogP contribution in [0.3, 0.4) is 0 Å². The molecule has 10 aromatic rings.